The van der Waals surface area contributed by atoms with Crippen molar-refractivity contribution in [3.63, 3.8) is 0 Å². The molecule has 1 N–H and O–H groups in total. The van der Waals surface area contributed by atoms with Gasteiger partial charge in [0.05, 0.1) is 33.0 Å². The zero-order valence-corrected chi connectivity index (χ0v) is 22.5. The molecule has 0 spiro atoms. The predicted octanol–water partition coefficient (Wildman–Crippen LogP) is 5.68. The van der Waals surface area contributed by atoms with E-state index < -0.39 is 30.7 Å². The van der Waals surface area contributed by atoms with Gasteiger partial charge in [-0.1, -0.05) is 121 Å². The zero-order chi connectivity index (χ0) is 27.4. The van der Waals surface area contributed by atoms with Gasteiger partial charge in [-0.05, 0) is 22.3 Å². The second-order valence-electron chi connectivity index (χ2n) is 9.81. The molecule has 6 heteroatoms. The van der Waals surface area contributed by atoms with Crippen molar-refractivity contribution in [2.45, 2.75) is 57.1 Å². The number of aliphatic hydroxyl groups excluding tert-OH is 1. The molecule has 1 heterocycles. The molecule has 5 rings (SSSR count). The Hall–Kier alpha value is -3.36. The van der Waals surface area contributed by atoms with Crippen molar-refractivity contribution < 1.29 is 28.8 Å². The second-order valence-corrected chi connectivity index (χ2v) is 9.81. The average Bonchev–Trinajstić information content (AvgIpc) is 3.03. The lowest BCUT2D eigenvalue weighted by atomic mass is 9.97. The number of ether oxygens (including phenoxy) is 5. The van der Waals surface area contributed by atoms with Crippen molar-refractivity contribution in [1.29, 1.82) is 0 Å². The molecular weight excluding hydrogens is 504 g/mol. The van der Waals surface area contributed by atoms with Crippen molar-refractivity contribution in [1.82, 2.24) is 0 Å². The summed E-state index contributed by atoms with van der Waals surface area (Å²) in [6.07, 6.45) is -3.22. The Morgan fingerprint density at radius 3 is 1.20 bits per heavy atom. The first-order valence-corrected chi connectivity index (χ1v) is 13.7. The van der Waals surface area contributed by atoms with Gasteiger partial charge in [0.1, 0.15) is 24.4 Å². The third-order valence-electron chi connectivity index (χ3n) is 6.88. The summed E-state index contributed by atoms with van der Waals surface area (Å²) in [6, 6.07) is 39.8. The summed E-state index contributed by atoms with van der Waals surface area (Å²) < 4.78 is 32.1. The van der Waals surface area contributed by atoms with E-state index in [0.717, 1.165) is 22.3 Å². The molecule has 208 valence electrons. The lowest BCUT2D eigenvalue weighted by molar-refractivity contribution is -0.329. The molecule has 0 aliphatic carbocycles. The molecule has 4 aromatic carbocycles. The summed E-state index contributed by atoms with van der Waals surface area (Å²) in [5, 5.41) is 10.4. The Kier molecular flexibility index (Phi) is 10.5. The van der Waals surface area contributed by atoms with E-state index >= 15 is 0 Å². The molecule has 0 aromatic heterocycles. The van der Waals surface area contributed by atoms with Gasteiger partial charge in [0.15, 0.2) is 6.29 Å². The van der Waals surface area contributed by atoms with Crippen LogP contribution in [0.1, 0.15) is 22.3 Å². The Morgan fingerprint density at radius 1 is 0.450 bits per heavy atom. The van der Waals surface area contributed by atoms with Crippen molar-refractivity contribution in [2.75, 3.05) is 6.61 Å². The van der Waals surface area contributed by atoms with Crippen LogP contribution in [0, 0.1) is 0 Å². The number of aliphatic hydroxyl groups is 1. The number of rotatable bonds is 13. The maximum absolute atomic E-state index is 10.4. The van der Waals surface area contributed by atoms with Gasteiger partial charge in [-0.15, -0.1) is 0 Å². The predicted molar refractivity (Wildman–Crippen MR) is 152 cm³/mol. The van der Waals surface area contributed by atoms with Gasteiger partial charge in [-0.3, -0.25) is 0 Å². The summed E-state index contributed by atoms with van der Waals surface area (Å²) in [6.45, 7) is 1.13. The zero-order valence-electron chi connectivity index (χ0n) is 22.5. The minimum Gasteiger partial charge on any atom is -0.394 e. The minimum atomic E-state index is -0.779. The first-order valence-electron chi connectivity index (χ1n) is 13.7. The van der Waals surface area contributed by atoms with Crippen molar-refractivity contribution in [3.05, 3.63) is 144 Å². The van der Waals surface area contributed by atoms with Crippen molar-refractivity contribution in [3.8, 4) is 0 Å². The SMILES string of the molecule is OC[C@H]1O[C@H](OCc2ccccc2)[C@H](OCc2ccccc2)[C@@H](OCc2ccccc2)[C@H]1OCc1ccccc1. The topological polar surface area (TPSA) is 66.4 Å². The highest BCUT2D eigenvalue weighted by Gasteiger charge is 2.48. The molecule has 40 heavy (non-hydrogen) atoms. The fraction of sp³-hybridized carbons (Fsp3) is 0.294. The fourth-order valence-corrected chi connectivity index (χ4v) is 4.78. The normalized spacial score (nSPS) is 22.7. The highest BCUT2D eigenvalue weighted by molar-refractivity contribution is 5.16. The van der Waals surface area contributed by atoms with Gasteiger partial charge < -0.3 is 28.8 Å². The van der Waals surface area contributed by atoms with Crippen LogP contribution in [-0.4, -0.2) is 42.4 Å². The molecule has 1 aliphatic heterocycles. The first-order chi connectivity index (χ1) is 19.8. The fourth-order valence-electron chi connectivity index (χ4n) is 4.78. The van der Waals surface area contributed by atoms with E-state index in [4.69, 9.17) is 23.7 Å². The number of hydrogen-bond acceptors (Lipinski definition) is 6. The van der Waals surface area contributed by atoms with Gasteiger partial charge in [-0.2, -0.15) is 0 Å². The molecule has 0 saturated carbocycles. The van der Waals surface area contributed by atoms with Crippen LogP contribution in [0.2, 0.25) is 0 Å². The molecule has 0 bridgehead atoms. The lowest BCUT2D eigenvalue weighted by Gasteiger charge is -2.45. The summed E-state index contributed by atoms with van der Waals surface area (Å²) in [7, 11) is 0. The molecule has 4 aromatic rings. The van der Waals surface area contributed by atoms with Crippen LogP contribution in [-0.2, 0) is 50.1 Å². The third kappa shape index (κ3) is 7.86. The molecule has 0 unspecified atom stereocenters. The van der Waals surface area contributed by atoms with Crippen LogP contribution in [0.25, 0.3) is 0 Å². The standard InChI is InChI=1S/C34H36O6/c35-21-30-31(36-22-26-13-5-1-6-14-26)32(37-23-27-15-7-2-8-16-27)33(38-24-28-17-9-3-10-18-28)34(40-30)39-25-29-19-11-4-12-20-29/h1-20,30-35H,21-25H2/t30-,31+,32+,33-,34+/m1/s1. The Morgan fingerprint density at radius 2 is 0.800 bits per heavy atom. The molecule has 6 nitrogen and oxygen atoms in total. The van der Waals surface area contributed by atoms with E-state index in [1.807, 2.05) is 121 Å². The van der Waals surface area contributed by atoms with Crippen molar-refractivity contribution in [2.24, 2.45) is 0 Å². The van der Waals surface area contributed by atoms with E-state index in [9.17, 15) is 5.11 Å². The molecule has 1 saturated heterocycles. The van der Waals surface area contributed by atoms with Crippen LogP contribution in [0.3, 0.4) is 0 Å². The molecule has 1 aliphatic rings. The molecule has 5 atom stereocenters. The number of hydrogen-bond donors (Lipinski definition) is 1. The number of benzene rings is 4. The molecular formula is C34H36O6. The summed E-state index contributed by atoms with van der Waals surface area (Å²) in [5.41, 5.74) is 4.08. The third-order valence-corrected chi connectivity index (χ3v) is 6.88. The van der Waals surface area contributed by atoms with Crippen LogP contribution < -0.4 is 0 Å². The Bertz CT molecular complexity index is 1240. The Labute approximate surface area is 236 Å². The van der Waals surface area contributed by atoms with Gasteiger partial charge in [0.2, 0.25) is 0 Å². The van der Waals surface area contributed by atoms with E-state index in [1.165, 1.54) is 0 Å². The molecule has 1 fully saturated rings. The van der Waals surface area contributed by atoms with E-state index in [1.54, 1.807) is 0 Å². The lowest BCUT2D eigenvalue weighted by Crippen LogP contribution is -2.61. The average molecular weight is 541 g/mol. The van der Waals surface area contributed by atoms with E-state index in [2.05, 4.69) is 0 Å². The van der Waals surface area contributed by atoms with Crippen LogP contribution in [0.4, 0.5) is 0 Å². The quantitative estimate of drug-likeness (QED) is 0.236. The van der Waals surface area contributed by atoms with Gasteiger partial charge in [0, 0.05) is 0 Å². The smallest absolute Gasteiger partial charge is 0.187 e. The van der Waals surface area contributed by atoms with E-state index in [0.29, 0.717) is 26.4 Å². The maximum atomic E-state index is 10.4. The highest BCUT2D eigenvalue weighted by Crippen LogP contribution is 2.31. The van der Waals surface area contributed by atoms with Gasteiger partial charge in [-0.25, -0.2) is 0 Å². The van der Waals surface area contributed by atoms with Gasteiger partial charge in [0.25, 0.3) is 0 Å². The summed E-state index contributed by atoms with van der Waals surface area (Å²) in [4.78, 5) is 0. The molecule has 0 radical (unpaired) electrons. The van der Waals surface area contributed by atoms with Crippen LogP contribution in [0.15, 0.2) is 121 Å². The highest BCUT2D eigenvalue weighted by atomic mass is 16.7. The first kappa shape index (κ1) is 28.2. The summed E-state index contributed by atoms with van der Waals surface area (Å²) >= 11 is 0. The van der Waals surface area contributed by atoms with Crippen molar-refractivity contribution >= 4 is 0 Å². The molecule has 0 amide bonds. The van der Waals surface area contributed by atoms with Crippen LogP contribution in [0.5, 0.6) is 0 Å². The van der Waals surface area contributed by atoms with Crippen LogP contribution >= 0.6 is 0 Å². The minimum absolute atomic E-state index is 0.249. The Balaban J connectivity index is 1.41. The van der Waals surface area contributed by atoms with Gasteiger partial charge >= 0.3 is 0 Å². The summed E-state index contributed by atoms with van der Waals surface area (Å²) in [5.74, 6) is 0. The van der Waals surface area contributed by atoms with E-state index in [-0.39, 0.29) is 6.61 Å². The second kappa shape index (κ2) is 14.9. The maximum Gasteiger partial charge on any atom is 0.187 e. The monoisotopic (exact) mass is 540 g/mol. The largest absolute Gasteiger partial charge is 0.394 e.